The Bertz CT molecular complexity index is 657. The number of rotatable bonds is 6. The Morgan fingerprint density at radius 3 is 2.68 bits per heavy atom. The van der Waals surface area contributed by atoms with Crippen molar-refractivity contribution in [2.75, 3.05) is 11.9 Å². The summed E-state index contributed by atoms with van der Waals surface area (Å²) >= 11 is 6.00. The first-order valence-electron chi connectivity index (χ1n) is 6.80. The summed E-state index contributed by atoms with van der Waals surface area (Å²) in [5.74, 6) is -0.439. The van der Waals surface area contributed by atoms with Crippen molar-refractivity contribution in [2.45, 2.75) is 19.9 Å². The lowest BCUT2D eigenvalue weighted by molar-refractivity contribution is -0.116. The van der Waals surface area contributed by atoms with Crippen molar-refractivity contribution in [3.05, 3.63) is 41.4 Å². The van der Waals surface area contributed by atoms with Gasteiger partial charge in [0.1, 0.15) is 12.7 Å². The van der Waals surface area contributed by atoms with Crippen molar-refractivity contribution >= 4 is 29.1 Å². The van der Waals surface area contributed by atoms with Crippen LogP contribution >= 0.6 is 11.6 Å². The standard InChI is InChI=1S/C14H16ClN5O2/c1-2-16-14(22)11-7-10(3-4-12(11)15)19-13(21)5-6-20-8-17-18-9-20/h3-4,7-9H,2,5-6H2,1H3,(H,16,22)(H,19,21). The lowest BCUT2D eigenvalue weighted by Gasteiger charge is -2.09. The summed E-state index contributed by atoms with van der Waals surface area (Å²) in [5.41, 5.74) is 0.861. The van der Waals surface area contributed by atoms with Gasteiger partial charge in [-0.3, -0.25) is 9.59 Å². The van der Waals surface area contributed by atoms with Crippen molar-refractivity contribution in [1.82, 2.24) is 20.1 Å². The minimum Gasteiger partial charge on any atom is -0.352 e. The van der Waals surface area contributed by atoms with E-state index in [9.17, 15) is 9.59 Å². The predicted octanol–water partition coefficient (Wildman–Crippen LogP) is 1.71. The molecule has 2 N–H and O–H groups in total. The molecule has 1 aromatic heterocycles. The number of carbonyl (C=O) groups is 2. The minimum absolute atomic E-state index is 0.169. The molecule has 0 bridgehead atoms. The molecule has 0 fully saturated rings. The van der Waals surface area contributed by atoms with E-state index < -0.39 is 0 Å². The highest BCUT2D eigenvalue weighted by molar-refractivity contribution is 6.34. The number of nitrogens with one attached hydrogen (secondary N) is 2. The summed E-state index contributed by atoms with van der Waals surface area (Å²) in [7, 11) is 0. The zero-order valence-corrected chi connectivity index (χ0v) is 12.8. The van der Waals surface area contributed by atoms with Crippen LogP contribution in [0.25, 0.3) is 0 Å². The lowest BCUT2D eigenvalue weighted by atomic mass is 10.2. The van der Waals surface area contributed by atoms with Gasteiger partial charge in [0.15, 0.2) is 0 Å². The second-order valence-electron chi connectivity index (χ2n) is 4.55. The maximum Gasteiger partial charge on any atom is 0.252 e. The molecule has 1 heterocycles. The molecule has 0 aliphatic rings. The summed E-state index contributed by atoms with van der Waals surface area (Å²) in [6.45, 7) is 2.81. The number of benzene rings is 1. The van der Waals surface area contributed by atoms with Gasteiger partial charge in [0.05, 0.1) is 10.6 Å². The van der Waals surface area contributed by atoms with E-state index in [1.165, 1.54) is 0 Å². The number of hydrogen-bond donors (Lipinski definition) is 2. The fourth-order valence-corrected chi connectivity index (χ4v) is 2.03. The Balaban J connectivity index is 1.98. The summed E-state index contributed by atoms with van der Waals surface area (Å²) in [5, 5.41) is 13.1. The molecule has 2 aromatic rings. The first-order valence-corrected chi connectivity index (χ1v) is 7.18. The molecule has 2 rings (SSSR count). The molecule has 22 heavy (non-hydrogen) atoms. The molecule has 7 nitrogen and oxygen atoms in total. The molecule has 0 saturated carbocycles. The molecule has 0 spiro atoms. The third-order valence-electron chi connectivity index (χ3n) is 2.90. The quantitative estimate of drug-likeness (QED) is 0.847. The first kappa shape index (κ1) is 16.0. The Morgan fingerprint density at radius 1 is 1.27 bits per heavy atom. The zero-order chi connectivity index (χ0) is 15.9. The average Bonchev–Trinajstić information content (AvgIpc) is 3.01. The van der Waals surface area contributed by atoms with Crippen LogP contribution in [0.1, 0.15) is 23.7 Å². The summed E-state index contributed by atoms with van der Waals surface area (Å²) in [4.78, 5) is 23.8. The van der Waals surface area contributed by atoms with Crippen molar-refractivity contribution < 1.29 is 9.59 Å². The molecular weight excluding hydrogens is 306 g/mol. The third-order valence-corrected chi connectivity index (χ3v) is 3.23. The molecule has 0 aliphatic heterocycles. The number of amides is 2. The van der Waals surface area contributed by atoms with Crippen LogP contribution in [0.4, 0.5) is 5.69 Å². The topological polar surface area (TPSA) is 88.9 Å². The second kappa shape index (κ2) is 7.56. The van der Waals surface area contributed by atoms with Gasteiger partial charge < -0.3 is 15.2 Å². The average molecular weight is 322 g/mol. The third kappa shape index (κ3) is 4.29. The van der Waals surface area contributed by atoms with Gasteiger partial charge in [0.2, 0.25) is 5.91 Å². The molecular formula is C14H16ClN5O2. The fraction of sp³-hybridized carbons (Fsp3) is 0.286. The zero-order valence-electron chi connectivity index (χ0n) is 12.0. The van der Waals surface area contributed by atoms with Crippen molar-refractivity contribution in [3.8, 4) is 0 Å². The Labute approximate surface area is 132 Å². The van der Waals surface area contributed by atoms with Crippen LogP contribution in [0.5, 0.6) is 0 Å². The van der Waals surface area contributed by atoms with Crippen LogP contribution < -0.4 is 10.6 Å². The number of nitrogens with zero attached hydrogens (tertiary/aromatic N) is 3. The maximum atomic E-state index is 11.9. The van der Waals surface area contributed by atoms with E-state index in [4.69, 9.17) is 11.6 Å². The van der Waals surface area contributed by atoms with E-state index >= 15 is 0 Å². The fourth-order valence-electron chi connectivity index (χ4n) is 1.82. The molecule has 8 heteroatoms. The van der Waals surface area contributed by atoms with Gasteiger partial charge in [0, 0.05) is 25.2 Å². The van der Waals surface area contributed by atoms with E-state index in [1.54, 1.807) is 35.4 Å². The summed E-state index contributed by atoms with van der Waals surface area (Å²) in [6.07, 6.45) is 3.36. The van der Waals surface area contributed by atoms with E-state index in [2.05, 4.69) is 20.8 Å². The van der Waals surface area contributed by atoms with Crippen LogP contribution in [0.3, 0.4) is 0 Å². The Hall–Kier alpha value is -2.41. The number of aryl methyl sites for hydroxylation is 1. The smallest absolute Gasteiger partial charge is 0.252 e. The van der Waals surface area contributed by atoms with Gasteiger partial charge in [-0.05, 0) is 25.1 Å². The van der Waals surface area contributed by atoms with Crippen molar-refractivity contribution in [3.63, 3.8) is 0 Å². The molecule has 1 aromatic carbocycles. The number of aromatic nitrogens is 3. The normalized spacial score (nSPS) is 10.3. The molecule has 2 amide bonds. The van der Waals surface area contributed by atoms with Crippen molar-refractivity contribution in [2.24, 2.45) is 0 Å². The maximum absolute atomic E-state index is 11.9. The Morgan fingerprint density at radius 2 is 2.00 bits per heavy atom. The van der Waals surface area contributed by atoms with Crippen LogP contribution in [-0.4, -0.2) is 33.1 Å². The number of hydrogen-bond acceptors (Lipinski definition) is 4. The van der Waals surface area contributed by atoms with Gasteiger partial charge in [-0.2, -0.15) is 0 Å². The van der Waals surface area contributed by atoms with Gasteiger partial charge in [-0.15, -0.1) is 10.2 Å². The molecule has 0 atom stereocenters. The van der Waals surface area contributed by atoms with E-state index in [0.29, 0.717) is 29.4 Å². The highest BCUT2D eigenvalue weighted by atomic mass is 35.5. The minimum atomic E-state index is -0.270. The van der Waals surface area contributed by atoms with E-state index in [1.807, 2.05) is 6.92 Å². The number of halogens is 1. The highest BCUT2D eigenvalue weighted by Gasteiger charge is 2.11. The SMILES string of the molecule is CCNC(=O)c1cc(NC(=O)CCn2cnnc2)ccc1Cl. The second-order valence-corrected chi connectivity index (χ2v) is 4.96. The molecule has 0 unspecified atom stereocenters. The lowest BCUT2D eigenvalue weighted by Crippen LogP contribution is -2.23. The number of carbonyl (C=O) groups excluding carboxylic acids is 2. The molecule has 0 saturated heterocycles. The monoisotopic (exact) mass is 321 g/mol. The van der Waals surface area contributed by atoms with Crippen molar-refractivity contribution in [1.29, 1.82) is 0 Å². The van der Waals surface area contributed by atoms with Crippen LogP contribution in [-0.2, 0) is 11.3 Å². The van der Waals surface area contributed by atoms with Crippen LogP contribution in [0, 0.1) is 0 Å². The Kier molecular flexibility index (Phi) is 5.48. The molecule has 0 aliphatic carbocycles. The summed E-state index contributed by atoms with van der Waals surface area (Å²) in [6, 6.07) is 4.80. The first-order chi connectivity index (χ1) is 10.6. The number of anilines is 1. The van der Waals surface area contributed by atoms with Gasteiger partial charge in [-0.25, -0.2) is 0 Å². The van der Waals surface area contributed by atoms with Crippen LogP contribution in [0.15, 0.2) is 30.9 Å². The van der Waals surface area contributed by atoms with Gasteiger partial charge in [-0.1, -0.05) is 11.6 Å². The van der Waals surface area contributed by atoms with Crippen LogP contribution in [0.2, 0.25) is 5.02 Å². The van der Waals surface area contributed by atoms with E-state index in [-0.39, 0.29) is 18.2 Å². The highest BCUT2D eigenvalue weighted by Crippen LogP contribution is 2.20. The van der Waals surface area contributed by atoms with E-state index in [0.717, 1.165) is 0 Å². The predicted molar refractivity (Wildman–Crippen MR) is 82.7 cm³/mol. The summed E-state index contributed by atoms with van der Waals surface area (Å²) < 4.78 is 1.71. The van der Waals surface area contributed by atoms with Gasteiger partial charge in [0.25, 0.3) is 5.91 Å². The molecule has 116 valence electrons. The molecule has 0 radical (unpaired) electrons. The largest absolute Gasteiger partial charge is 0.352 e. The van der Waals surface area contributed by atoms with Gasteiger partial charge >= 0.3 is 0 Å².